The number of ether oxygens (including phenoxy) is 2. The molecule has 0 aromatic carbocycles. The van der Waals surface area contributed by atoms with Gasteiger partial charge in [-0.15, -0.1) is 0 Å². The van der Waals surface area contributed by atoms with Crippen LogP contribution in [0, 0.1) is 0 Å². The van der Waals surface area contributed by atoms with Crippen molar-refractivity contribution in [2.75, 3.05) is 13.2 Å². The number of nitrogens with two attached hydrogens (primary N) is 1. The summed E-state index contributed by atoms with van der Waals surface area (Å²) < 4.78 is 11.1. The Morgan fingerprint density at radius 1 is 1.43 bits per heavy atom. The molecule has 2 rings (SSSR count). The molecule has 3 N–H and O–H groups in total. The van der Waals surface area contributed by atoms with E-state index >= 15 is 0 Å². The second-order valence-electron chi connectivity index (χ2n) is 4.79. The van der Waals surface area contributed by atoms with Crippen molar-refractivity contribution in [3.63, 3.8) is 0 Å². The summed E-state index contributed by atoms with van der Waals surface area (Å²) >= 11 is 0. The van der Waals surface area contributed by atoms with Crippen LogP contribution in [-0.4, -0.2) is 37.1 Å². The van der Waals surface area contributed by atoms with Crippen LogP contribution in [-0.2, 0) is 9.47 Å². The van der Waals surface area contributed by atoms with Gasteiger partial charge in [0.2, 0.25) is 0 Å². The van der Waals surface area contributed by atoms with E-state index in [9.17, 15) is 0 Å². The van der Waals surface area contributed by atoms with Crippen LogP contribution in [0.15, 0.2) is 0 Å². The lowest BCUT2D eigenvalue weighted by Gasteiger charge is -2.33. The lowest BCUT2D eigenvalue weighted by atomic mass is 9.87. The first-order chi connectivity index (χ1) is 6.55. The van der Waals surface area contributed by atoms with E-state index < -0.39 is 5.79 Å². The molecule has 0 radical (unpaired) electrons. The molecule has 1 aliphatic carbocycles. The fourth-order valence-electron chi connectivity index (χ4n) is 1.99. The highest BCUT2D eigenvalue weighted by atomic mass is 16.7. The Bertz CT molecular complexity index is 202. The van der Waals surface area contributed by atoms with Crippen molar-refractivity contribution in [2.24, 2.45) is 5.73 Å². The Balaban J connectivity index is 1.63. The molecule has 2 aliphatic rings. The first kappa shape index (κ1) is 10.4. The van der Waals surface area contributed by atoms with Crippen molar-refractivity contribution in [2.45, 2.75) is 50.7 Å². The van der Waals surface area contributed by atoms with E-state index in [1.807, 2.05) is 13.8 Å². The van der Waals surface area contributed by atoms with E-state index in [1.54, 1.807) is 0 Å². The molecule has 1 saturated heterocycles. The fourth-order valence-corrected chi connectivity index (χ4v) is 1.99. The number of hydrogen-bond acceptors (Lipinski definition) is 4. The molecule has 4 heteroatoms. The Morgan fingerprint density at radius 2 is 2.14 bits per heavy atom. The van der Waals surface area contributed by atoms with Crippen LogP contribution in [0.5, 0.6) is 0 Å². The van der Waals surface area contributed by atoms with E-state index in [2.05, 4.69) is 5.32 Å². The zero-order valence-corrected chi connectivity index (χ0v) is 8.95. The predicted octanol–water partition coefficient (Wildman–Crippen LogP) is 0.217. The van der Waals surface area contributed by atoms with Gasteiger partial charge in [-0.1, -0.05) is 0 Å². The summed E-state index contributed by atoms with van der Waals surface area (Å²) in [5, 5.41) is 3.44. The van der Waals surface area contributed by atoms with Gasteiger partial charge in [0.15, 0.2) is 5.79 Å². The van der Waals surface area contributed by atoms with Crippen LogP contribution in [0.4, 0.5) is 0 Å². The zero-order chi connectivity index (χ0) is 10.2. The molecule has 0 spiro atoms. The smallest absolute Gasteiger partial charge is 0.163 e. The van der Waals surface area contributed by atoms with Crippen molar-refractivity contribution in [3.05, 3.63) is 0 Å². The molecule has 0 bridgehead atoms. The summed E-state index contributed by atoms with van der Waals surface area (Å²) in [5.41, 5.74) is 5.70. The molecule has 2 fully saturated rings. The third-order valence-electron chi connectivity index (χ3n) is 2.88. The molecule has 1 aliphatic heterocycles. The summed E-state index contributed by atoms with van der Waals surface area (Å²) in [4.78, 5) is 0. The summed E-state index contributed by atoms with van der Waals surface area (Å²) in [7, 11) is 0. The van der Waals surface area contributed by atoms with Crippen molar-refractivity contribution in [3.8, 4) is 0 Å². The van der Waals surface area contributed by atoms with Crippen molar-refractivity contribution < 1.29 is 9.47 Å². The van der Waals surface area contributed by atoms with Crippen LogP contribution in [0.1, 0.15) is 26.7 Å². The molecule has 0 amide bonds. The molecule has 82 valence electrons. The number of hydrogen-bond donors (Lipinski definition) is 2. The van der Waals surface area contributed by atoms with Crippen molar-refractivity contribution >= 4 is 0 Å². The lowest BCUT2D eigenvalue weighted by Crippen LogP contribution is -2.50. The Hall–Kier alpha value is -0.160. The van der Waals surface area contributed by atoms with E-state index in [0.717, 1.165) is 19.4 Å². The summed E-state index contributed by atoms with van der Waals surface area (Å²) in [5.74, 6) is -0.400. The minimum atomic E-state index is -0.400. The van der Waals surface area contributed by atoms with Gasteiger partial charge in [0.1, 0.15) is 0 Å². The third kappa shape index (κ3) is 2.45. The van der Waals surface area contributed by atoms with Gasteiger partial charge in [-0.25, -0.2) is 0 Å². The molecular weight excluding hydrogens is 180 g/mol. The second-order valence-corrected chi connectivity index (χ2v) is 4.79. The Kier molecular flexibility index (Phi) is 2.79. The van der Waals surface area contributed by atoms with Crippen LogP contribution in [0.2, 0.25) is 0 Å². The second kappa shape index (κ2) is 3.77. The van der Waals surface area contributed by atoms with E-state index in [1.165, 1.54) is 0 Å². The molecular formula is C10H20N2O2. The van der Waals surface area contributed by atoms with Gasteiger partial charge in [0.25, 0.3) is 0 Å². The normalized spacial score (nSPS) is 40.9. The molecule has 1 atom stereocenters. The summed E-state index contributed by atoms with van der Waals surface area (Å²) in [6, 6.07) is 1.00. The molecule has 1 saturated carbocycles. The van der Waals surface area contributed by atoms with E-state index in [-0.39, 0.29) is 6.10 Å². The van der Waals surface area contributed by atoms with Gasteiger partial charge < -0.3 is 20.5 Å². The molecule has 0 aromatic rings. The maximum absolute atomic E-state index is 5.70. The Morgan fingerprint density at radius 3 is 2.64 bits per heavy atom. The minimum Gasteiger partial charge on any atom is -0.348 e. The van der Waals surface area contributed by atoms with Crippen LogP contribution < -0.4 is 11.1 Å². The largest absolute Gasteiger partial charge is 0.348 e. The van der Waals surface area contributed by atoms with Crippen LogP contribution in [0.3, 0.4) is 0 Å². The lowest BCUT2D eigenvalue weighted by molar-refractivity contribution is -0.138. The highest BCUT2D eigenvalue weighted by Gasteiger charge is 2.33. The van der Waals surface area contributed by atoms with Crippen molar-refractivity contribution in [1.29, 1.82) is 0 Å². The zero-order valence-electron chi connectivity index (χ0n) is 8.95. The quantitative estimate of drug-likeness (QED) is 0.684. The summed E-state index contributed by atoms with van der Waals surface area (Å²) in [6.45, 7) is 5.47. The predicted molar refractivity (Wildman–Crippen MR) is 53.9 cm³/mol. The summed E-state index contributed by atoms with van der Waals surface area (Å²) in [6.07, 6.45) is 2.38. The van der Waals surface area contributed by atoms with Gasteiger partial charge >= 0.3 is 0 Å². The first-order valence-corrected chi connectivity index (χ1v) is 5.36. The molecule has 1 unspecified atom stereocenters. The average Bonchev–Trinajstić information content (AvgIpc) is 2.37. The molecule has 14 heavy (non-hydrogen) atoms. The third-order valence-corrected chi connectivity index (χ3v) is 2.88. The van der Waals surface area contributed by atoms with Crippen LogP contribution >= 0.6 is 0 Å². The Labute approximate surface area is 85.1 Å². The number of rotatable bonds is 3. The topological polar surface area (TPSA) is 56.5 Å². The molecule has 1 heterocycles. The highest BCUT2D eigenvalue weighted by molar-refractivity contribution is 4.88. The monoisotopic (exact) mass is 200 g/mol. The van der Waals surface area contributed by atoms with E-state index in [0.29, 0.717) is 18.7 Å². The first-order valence-electron chi connectivity index (χ1n) is 5.36. The van der Waals surface area contributed by atoms with Gasteiger partial charge in [-0.2, -0.15) is 0 Å². The standard InChI is InChI=1S/C10H20N2O2/c1-10(2)13-6-9(14-10)5-12-8-3-7(11)4-8/h7-9,12H,3-6,11H2,1-2H3. The maximum Gasteiger partial charge on any atom is 0.163 e. The van der Waals surface area contributed by atoms with Crippen LogP contribution in [0.25, 0.3) is 0 Å². The minimum absolute atomic E-state index is 0.196. The fraction of sp³-hybridized carbons (Fsp3) is 1.00. The van der Waals surface area contributed by atoms with Gasteiger partial charge in [-0.05, 0) is 26.7 Å². The van der Waals surface area contributed by atoms with Gasteiger partial charge in [0, 0.05) is 18.6 Å². The van der Waals surface area contributed by atoms with E-state index in [4.69, 9.17) is 15.2 Å². The maximum atomic E-state index is 5.70. The van der Waals surface area contributed by atoms with Gasteiger partial charge in [-0.3, -0.25) is 0 Å². The molecule has 4 nitrogen and oxygen atoms in total. The number of nitrogens with one attached hydrogen (secondary N) is 1. The van der Waals surface area contributed by atoms with Crippen molar-refractivity contribution in [1.82, 2.24) is 5.32 Å². The average molecular weight is 200 g/mol. The molecule has 0 aromatic heterocycles. The SMILES string of the molecule is CC1(C)OCC(CNC2CC(N)C2)O1. The highest BCUT2D eigenvalue weighted by Crippen LogP contribution is 2.23. The van der Waals surface area contributed by atoms with Gasteiger partial charge in [0.05, 0.1) is 12.7 Å².